The number of sulfonamides is 1. The second-order valence-corrected chi connectivity index (χ2v) is 8.10. The average molecular weight is 404 g/mol. The Morgan fingerprint density at radius 3 is 2.44 bits per heavy atom. The van der Waals surface area contributed by atoms with E-state index in [0.29, 0.717) is 10.7 Å². The number of rotatable bonds is 6. The zero-order valence-corrected chi connectivity index (χ0v) is 16.2. The smallest absolute Gasteiger partial charge is 0.326 e. The lowest BCUT2D eigenvalue weighted by atomic mass is 10.1. The first kappa shape index (κ1) is 19.2. The summed E-state index contributed by atoms with van der Waals surface area (Å²) in [5, 5.41) is 2.09. The Kier molecular flexibility index (Phi) is 5.68. The minimum absolute atomic E-state index is 0.0884. The van der Waals surface area contributed by atoms with Gasteiger partial charge in [0.25, 0.3) is 10.0 Å². The topological polar surface area (TPSA) is 63.7 Å². The van der Waals surface area contributed by atoms with Crippen LogP contribution in [0.4, 0.5) is 5.69 Å². The molecule has 0 aliphatic carbocycles. The number of ether oxygens (including phenoxy) is 1. The molecule has 0 saturated heterocycles. The lowest BCUT2D eigenvalue weighted by Crippen LogP contribution is -2.36. The van der Waals surface area contributed by atoms with Crippen LogP contribution in [0.25, 0.3) is 10.8 Å². The number of hydrogen-bond acceptors (Lipinski definition) is 4. The number of carbonyl (C=O) groups excluding carboxylic acids is 1. The lowest BCUT2D eigenvalue weighted by Gasteiger charge is -2.24. The molecule has 7 heteroatoms. The molecule has 3 aromatic rings. The van der Waals surface area contributed by atoms with E-state index in [-0.39, 0.29) is 11.5 Å². The normalized spacial score (nSPS) is 11.3. The Bertz CT molecular complexity index is 1080. The Morgan fingerprint density at radius 1 is 1.00 bits per heavy atom. The van der Waals surface area contributed by atoms with Crippen LogP contribution in [0.3, 0.4) is 0 Å². The van der Waals surface area contributed by atoms with Gasteiger partial charge in [0.2, 0.25) is 0 Å². The van der Waals surface area contributed by atoms with Crippen molar-refractivity contribution in [2.75, 3.05) is 17.5 Å². The summed E-state index contributed by atoms with van der Waals surface area (Å²) in [5.74, 6) is -0.637. The molecule has 0 radical (unpaired) electrons. The fourth-order valence-corrected chi connectivity index (χ4v) is 4.35. The summed E-state index contributed by atoms with van der Waals surface area (Å²) < 4.78 is 32.6. The molecule has 0 N–H and O–H groups in total. The highest BCUT2D eigenvalue weighted by atomic mass is 35.5. The molecule has 0 aliphatic heterocycles. The Morgan fingerprint density at radius 2 is 1.74 bits per heavy atom. The minimum atomic E-state index is -4.00. The molecule has 0 saturated carbocycles. The van der Waals surface area contributed by atoms with Crippen LogP contribution >= 0.6 is 11.6 Å². The molecular weight excluding hydrogens is 386 g/mol. The van der Waals surface area contributed by atoms with Gasteiger partial charge < -0.3 is 4.74 Å². The van der Waals surface area contributed by atoms with Crippen LogP contribution in [0.15, 0.2) is 71.6 Å². The molecule has 0 aromatic heterocycles. The van der Waals surface area contributed by atoms with Gasteiger partial charge in [-0.05, 0) is 48.0 Å². The number of benzene rings is 3. The van der Waals surface area contributed by atoms with Crippen molar-refractivity contribution in [1.29, 1.82) is 0 Å². The third-order valence-corrected chi connectivity index (χ3v) is 5.99. The first-order valence-electron chi connectivity index (χ1n) is 8.34. The van der Waals surface area contributed by atoms with Gasteiger partial charge in [0.15, 0.2) is 0 Å². The molecule has 0 atom stereocenters. The number of hydrogen-bond donors (Lipinski definition) is 0. The summed E-state index contributed by atoms with van der Waals surface area (Å²) in [6.45, 7) is 1.39. The summed E-state index contributed by atoms with van der Waals surface area (Å²) in [4.78, 5) is 12.1. The summed E-state index contributed by atoms with van der Waals surface area (Å²) in [6, 6.07) is 18.7. The van der Waals surface area contributed by atoms with Gasteiger partial charge in [0.1, 0.15) is 6.54 Å². The molecule has 0 amide bonds. The van der Waals surface area contributed by atoms with Crippen molar-refractivity contribution in [2.45, 2.75) is 11.8 Å². The number of fused-ring (bicyclic) bond motifs is 1. The third-order valence-electron chi connectivity index (χ3n) is 3.98. The van der Waals surface area contributed by atoms with Crippen LogP contribution in [-0.4, -0.2) is 27.5 Å². The zero-order valence-electron chi connectivity index (χ0n) is 14.6. The van der Waals surface area contributed by atoms with Crippen LogP contribution in [0.5, 0.6) is 0 Å². The monoisotopic (exact) mass is 403 g/mol. The van der Waals surface area contributed by atoms with Crippen molar-refractivity contribution in [3.05, 3.63) is 71.8 Å². The van der Waals surface area contributed by atoms with Crippen molar-refractivity contribution in [3.8, 4) is 0 Å². The Balaban J connectivity index is 2.08. The fraction of sp³-hybridized carbons (Fsp3) is 0.150. The summed E-state index contributed by atoms with van der Waals surface area (Å²) in [6.07, 6.45) is 0. The number of nitrogens with zero attached hydrogens (tertiary/aromatic N) is 1. The molecular formula is C20H18ClNO4S. The predicted molar refractivity (Wildman–Crippen MR) is 107 cm³/mol. The minimum Gasteiger partial charge on any atom is -0.465 e. The van der Waals surface area contributed by atoms with Crippen molar-refractivity contribution in [2.24, 2.45) is 0 Å². The van der Waals surface area contributed by atoms with Gasteiger partial charge in [-0.25, -0.2) is 8.42 Å². The van der Waals surface area contributed by atoms with E-state index in [1.54, 1.807) is 37.3 Å². The van der Waals surface area contributed by atoms with Gasteiger partial charge in [-0.15, -0.1) is 0 Å². The molecule has 0 spiro atoms. The van der Waals surface area contributed by atoms with Crippen LogP contribution in [-0.2, 0) is 19.6 Å². The van der Waals surface area contributed by atoms with Crippen LogP contribution in [0.2, 0.25) is 5.02 Å². The van der Waals surface area contributed by atoms with Crippen molar-refractivity contribution >= 4 is 44.1 Å². The second-order valence-electron chi connectivity index (χ2n) is 5.81. The number of halogens is 1. The molecule has 0 aliphatic rings. The number of anilines is 1. The van der Waals surface area contributed by atoms with Gasteiger partial charge in [0, 0.05) is 5.02 Å². The average Bonchev–Trinajstić information content (AvgIpc) is 2.66. The first-order valence-corrected chi connectivity index (χ1v) is 10.2. The molecule has 0 bridgehead atoms. The standard InChI is InChI=1S/C20H18ClNO4S/c1-2-26-20(23)14-22(18-9-5-8-17(21)13-18)27(24,25)19-11-10-15-6-3-4-7-16(15)12-19/h3-13H,2,14H2,1H3. The van der Waals surface area contributed by atoms with Gasteiger partial charge >= 0.3 is 5.97 Å². The molecule has 3 aromatic carbocycles. The van der Waals surface area contributed by atoms with E-state index in [0.717, 1.165) is 15.1 Å². The summed E-state index contributed by atoms with van der Waals surface area (Å²) in [5.41, 5.74) is 0.295. The fourth-order valence-electron chi connectivity index (χ4n) is 2.73. The maximum Gasteiger partial charge on any atom is 0.326 e. The molecule has 0 unspecified atom stereocenters. The molecule has 27 heavy (non-hydrogen) atoms. The largest absolute Gasteiger partial charge is 0.465 e. The van der Waals surface area contributed by atoms with Gasteiger partial charge in [-0.1, -0.05) is 48.0 Å². The lowest BCUT2D eigenvalue weighted by molar-refractivity contribution is -0.141. The number of carbonyl (C=O) groups is 1. The van der Waals surface area contributed by atoms with E-state index in [9.17, 15) is 13.2 Å². The van der Waals surface area contributed by atoms with Crippen molar-refractivity contribution in [3.63, 3.8) is 0 Å². The molecule has 0 heterocycles. The maximum absolute atomic E-state index is 13.3. The Labute approximate surface area is 163 Å². The Hall–Kier alpha value is -2.57. The van der Waals surface area contributed by atoms with Crippen molar-refractivity contribution in [1.82, 2.24) is 0 Å². The molecule has 140 valence electrons. The first-order chi connectivity index (χ1) is 12.9. The van der Waals surface area contributed by atoms with E-state index in [1.807, 2.05) is 24.3 Å². The second kappa shape index (κ2) is 7.98. The quantitative estimate of drug-likeness (QED) is 0.577. The van der Waals surface area contributed by atoms with E-state index in [1.165, 1.54) is 12.1 Å². The van der Waals surface area contributed by atoms with Crippen LogP contribution in [0, 0.1) is 0 Å². The molecule has 0 fully saturated rings. The van der Waals surface area contributed by atoms with E-state index in [2.05, 4.69) is 0 Å². The summed E-state index contributed by atoms with van der Waals surface area (Å²) in [7, 11) is -4.00. The zero-order chi connectivity index (χ0) is 19.4. The van der Waals surface area contributed by atoms with Gasteiger partial charge in [0.05, 0.1) is 17.2 Å². The van der Waals surface area contributed by atoms with Crippen LogP contribution < -0.4 is 4.31 Å². The van der Waals surface area contributed by atoms with Crippen molar-refractivity contribution < 1.29 is 17.9 Å². The van der Waals surface area contributed by atoms with E-state index in [4.69, 9.17) is 16.3 Å². The molecule has 5 nitrogen and oxygen atoms in total. The van der Waals surface area contributed by atoms with E-state index >= 15 is 0 Å². The predicted octanol–water partition coefficient (Wildman–Crippen LogP) is 4.25. The van der Waals surface area contributed by atoms with Gasteiger partial charge in [-0.3, -0.25) is 9.10 Å². The third kappa shape index (κ3) is 4.23. The summed E-state index contributed by atoms with van der Waals surface area (Å²) >= 11 is 6.02. The molecule has 3 rings (SSSR count). The van der Waals surface area contributed by atoms with Gasteiger partial charge in [-0.2, -0.15) is 0 Å². The number of esters is 1. The van der Waals surface area contributed by atoms with E-state index < -0.39 is 22.5 Å². The SMILES string of the molecule is CCOC(=O)CN(c1cccc(Cl)c1)S(=O)(=O)c1ccc2ccccc2c1. The highest BCUT2D eigenvalue weighted by Gasteiger charge is 2.28. The van der Waals surface area contributed by atoms with Crippen LogP contribution in [0.1, 0.15) is 6.92 Å². The maximum atomic E-state index is 13.3. The highest BCUT2D eigenvalue weighted by Crippen LogP contribution is 2.28. The highest BCUT2D eigenvalue weighted by molar-refractivity contribution is 7.92.